The highest BCUT2D eigenvalue weighted by Crippen LogP contribution is 2.22. The Hall–Kier alpha value is -0.890. The van der Waals surface area contributed by atoms with E-state index in [1.165, 1.54) is 36.9 Å². The summed E-state index contributed by atoms with van der Waals surface area (Å²) >= 11 is 0. The summed E-state index contributed by atoms with van der Waals surface area (Å²) in [6.45, 7) is 11.0. The second kappa shape index (κ2) is 7.52. The molecule has 0 saturated carbocycles. The number of aromatic nitrogens is 1. The molecule has 0 aliphatic carbocycles. The Kier molecular flexibility index (Phi) is 6.34. The van der Waals surface area contributed by atoms with Gasteiger partial charge in [-0.25, -0.2) is 0 Å². The van der Waals surface area contributed by atoms with Gasteiger partial charge in [-0.05, 0) is 30.4 Å². The number of unbranched alkanes of at least 4 members (excludes halogenated alkanes) is 2. The van der Waals surface area contributed by atoms with Crippen molar-refractivity contribution in [1.82, 2.24) is 10.3 Å². The van der Waals surface area contributed by atoms with E-state index in [0.717, 1.165) is 13.1 Å². The molecule has 1 aromatic rings. The highest BCUT2D eigenvalue weighted by Gasteiger charge is 2.16. The molecule has 0 radical (unpaired) electrons. The predicted molar refractivity (Wildman–Crippen MR) is 78.6 cm³/mol. The Labute approximate surface area is 112 Å². The number of pyridine rings is 1. The molecule has 2 nitrogen and oxygen atoms in total. The van der Waals surface area contributed by atoms with E-state index in [4.69, 9.17) is 0 Å². The molecule has 18 heavy (non-hydrogen) atoms. The number of hydrogen-bond acceptors (Lipinski definition) is 2. The van der Waals surface area contributed by atoms with E-state index in [0.29, 0.717) is 5.41 Å². The standard InChI is InChI=1S/C16H28N2/c1-5-6-7-10-16(3,4)13-17-12-15-14(2)9-8-11-18-15/h8-9,11,17H,5-7,10,12-13H2,1-4H3. The summed E-state index contributed by atoms with van der Waals surface area (Å²) in [4.78, 5) is 4.41. The van der Waals surface area contributed by atoms with E-state index < -0.39 is 0 Å². The van der Waals surface area contributed by atoms with Crippen LogP contribution >= 0.6 is 0 Å². The average molecular weight is 248 g/mol. The number of aryl methyl sites for hydroxylation is 1. The minimum absolute atomic E-state index is 0.387. The first-order valence-corrected chi connectivity index (χ1v) is 7.16. The van der Waals surface area contributed by atoms with E-state index in [2.05, 4.69) is 44.1 Å². The van der Waals surface area contributed by atoms with Crippen molar-refractivity contribution in [2.45, 2.75) is 59.9 Å². The van der Waals surface area contributed by atoms with Crippen molar-refractivity contribution in [1.29, 1.82) is 0 Å². The van der Waals surface area contributed by atoms with Crippen molar-refractivity contribution >= 4 is 0 Å². The summed E-state index contributed by atoms with van der Waals surface area (Å²) in [7, 11) is 0. The molecule has 0 aromatic carbocycles. The number of nitrogens with one attached hydrogen (secondary N) is 1. The fourth-order valence-corrected chi connectivity index (χ4v) is 2.16. The normalized spacial score (nSPS) is 11.8. The summed E-state index contributed by atoms with van der Waals surface area (Å²) in [5.74, 6) is 0. The lowest BCUT2D eigenvalue weighted by molar-refractivity contribution is 0.301. The first kappa shape index (κ1) is 15.2. The summed E-state index contributed by atoms with van der Waals surface area (Å²) in [6.07, 6.45) is 7.17. The third-order valence-corrected chi connectivity index (χ3v) is 3.47. The quantitative estimate of drug-likeness (QED) is 0.701. The zero-order valence-electron chi connectivity index (χ0n) is 12.4. The topological polar surface area (TPSA) is 24.9 Å². The maximum atomic E-state index is 4.41. The van der Waals surface area contributed by atoms with Gasteiger partial charge in [-0.1, -0.05) is 46.1 Å². The monoisotopic (exact) mass is 248 g/mol. The molecule has 0 fully saturated rings. The van der Waals surface area contributed by atoms with Gasteiger partial charge in [-0.2, -0.15) is 0 Å². The Bertz CT molecular complexity index is 345. The summed E-state index contributed by atoms with van der Waals surface area (Å²) in [5.41, 5.74) is 2.83. The summed E-state index contributed by atoms with van der Waals surface area (Å²) < 4.78 is 0. The molecular weight excluding hydrogens is 220 g/mol. The van der Waals surface area contributed by atoms with Gasteiger partial charge in [0.15, 0.2) is 0 Å². The Balaban J connectivity index is 2.30. The van der Waals surface area contributed by atoms with Crippen LogP contribution in [0.3, 0.4) is 0 Å². The third-order valence-electron chi connectivity index (χ3n) is 3.47. The highest BCUT2D eigenvalue weighted by molar-refractivity contribution is 5.17. The molecule has 1 aromatic heterocycles. The molecule has 2 heteroatoms. The maximum Gasteiger partial charge on any atom is 0.0570 e. The van der Waals surface area contributed by atoms with E-state index in [-0.39, 0.29) is 0 Å². The van der Waals surface area contributed by atoms with Crippen molar-refractivity contribution in [2.75, 3.05) is 6.54 Å². The average Bonchev–Trinajstić information content (AvgIpc) is 2.32. The van der Waals surface area contributed by atoms with Gasteiger partial charge in [0.05, 0.1) is 5.69 Å². The third kappa shape index (κ3) is 5.63. The molecule has 102 valence electrons. The zero-order valence-corrected chi connectivity index (χ0v) is 12.4. The van der Waals surface area contributed by atoms with Crippen LogP contribution in [0.4, 0.5) is 0 Å². The lowest BCUT2D eigenvalue weighted by atomic mass is 9.87. The van der Waals surface area contributed by atoms with Gasteiger partial charge in [-0.15, -0.1) is 0 Å². The molecule has 0 atom stereocenters. The van der Waals surface area contributed by atoms with Crippen LogP contribution in [-0.2, 0) is 6.54 Å². The van der Waals surface area contributed by atoms with Crippen LogP contribution in [-0.4, -0.2) is 11.5 Å². The maximum absolute atomic E-state index is 4.41. The highest BCUT2D eigenvalue weighted by atomic mass is 14.9. The van der Waals surface area contributed by atoms with Crippen molar-refractivity contribution in [3.8, 4) is 0 Å². The second-order valence-corrected chi connectivity index (χ2v) is 5.99. The molecule has 0 amide bonds. The molecule has 0 unspecified atom stereocenters. The van der Waals surface area contributed by atoms with E-state index in [1.807, 2.05) is 12.3 Å². The van der Waals surface area contributed by atoms with Crippen molar-refractivity contribution in [3.63, 3.8) is 0 Å². The van der Waals surface area contributed by atoms with Gasteiger partial charge in [-0.3, -0.25) is 4.98 Å². The van der Waals surface area contributed by atoms with Crippen LogP contribution in [0.15, 0.2) is 18.3 Å². The second-order valence-electron chi connectivity index (χ2n) is 5.99. The Morgan fingerprint density at radius 2 is 2.06 bits per heavy atom. The fraction of sp³-hybridized carbons (Fsp3) is 0.688. The van der Waals surface area contributed by atoms with E-state index in [9.17, 15) is 0 Å². The number of rotatable bonds is 8. The van der Waals surface area contributed by atoms with Crippen molar-refractivity contribution in [3.05, 3.63) is 29.6 Å². The molecule has 0 aliphatic heterocycles. The summed E-state index contributed by atoms with van der Waals surface area (Å²) in [6, 6.07) is 4.12. The van der Waals surface area contributed by atoms with Gasteiger partial charge in [0.25, 0.3) is 0 Å². The smallest absolute Gasteiger partial charge is 0.0570 e. The van der Waals surface area contributed by atoms with Crippen molar-refractivity contribution < 1.29 is 0 Å². The number of hydrogen-bond donors (Lipinski definition) is 1. The van der Waals surface area contributed by atoms with E-state index >= 15 is 0 Å². The number of nitrogens with zero attached hydrogens (tertiary/aromatic N) is 1. The molecule has 0 aliphatic rings. The predicted octanol–water partition coefficient (Wildman–Crippen LogP) is 4.09. The largest absolute Gasteiger partial charge is 0.311 e. The fourth-order valence-electron chi connectivity index (χ4n) is 2.16. The van der Waals surface area contributed by atoms with Crippen LogP contribution < -0.4 is 5.32 Å². The molecule has 0 saturated heterocycles. The Morgan fingerprint density at radius 1 is 1.28 bits per heavy atom. The molecule has 0 bridgehead atoms. The molecule has 1 rings (SSSR count). The molecule has 1 heterocycles. The molecule has 1 N–H and O–H groups in total. The van der Waals surface area contributed by atoms with Crippen LogP contribution in [0.25, 0.3) is 0 Å². The first-order chi connectivity index (χ1) is 8.55. The van der Waals surface area contributed by atoms with Gasteiger partial charge in [0.2, 0.25) is 0 Å². The van der Waals surface area contributed by atoms with Crippen LogP contribution in [0.5, 0.6) is 0 Å². The van der Waals surface area contributed by atoms with E-state index in [1.54, 1.807) is 0 Å². The minimum Gasteiger partial charge on any atom is -0.311 e. The van der Waals surface area contributed by atoms with Gasteiger partial charge in [0, 0.05) is 19.3 Å². The summed E-state index contributed by atoms with van der Waals surface area (Å²) in [5, 5.41) is 3.55. The minimum atomic E-state index is 0.387. The van der Waals surface area contributed by atoms with Gasteiger partial charge < -0.3 is 5.32 Å². The van der Waals surface area contributed by atoms with Crippen LogP contribution in [0.2, 0.25) is 0 Å². The zero-order chi connectivity index (χ0) is 13.4. The van der Waals surface area contributed by atoms with Gasteiger partial charge >= 0.3 is 0 Å². The molecule has 0 spiro atoms. The van der Waals surface area contributed by atoms with Crippen LogP contribution in [0, 0.1) is 12.3 Å². The SMILES string of the molecule is CCCCCC(C)(C)CNCc1ncccc1C. The Morgan fingerprint density at radius 3 is 2.72 bits per heavy atom. The first-order valence-electron chi connectivity index (χ1n) is 7.16. The lowest BCUT2D eigenvalue weighted by Crippen LogP contribution is -2.29. The van der Waals surface area contributed by atoms with Gasteiger partial charge in [0.1, 0.15) is 0 Å². The molecular formula is C16H28N2. The van der Waals surface area contributed by atoms with Crippen molar-refractivity contribution in [2.24, 2.45) is 5.41 Å². The lowest BCUT2D eigenvalue weighted by Gasteiger charge is -2.25. The van der Waals surface area contributed by atoms with Crippen LogP contribution in [0.1, 0.15) is 57.7 Å².